The molecule has 20 heavy (non-hydrogen) atoms. The topological polar surface area (TPSA) is 49.3 Å². The van der Waals surface area contributed by atoms with Gasteiger partial charge in [-0.15, -0.1) is 11.8 Å². The Morgan fingerprint density at radius 3 is 2.40 bits per heavy atom. The number of carbonyl (C=O) groups is 1. The van der Waals surface area contributed by atoms with Gasteiger partial charge in [0.15, 0.2) is 0 Å². The van der Waals surface area contributed by atoms with Gasteiger partial charge in [-0.3, -0.25) is 4.79 Å². The Hall–Kier alpha value is -0.710. The number of hydrogen-bond acceptors (Lipinski definition) is 3. The lowest BCUT2D eigenvalue weighted by Gasteiger charge is -2.30. The summed E-state index contributed by atoms with van der Waals surface area (Å²) in [6.45, 7) is 3.93. The van der Waals surface area contributed by atoms with Crippen molar-refractivity contribution in [1.29, 1.82) is 0 Å². The first-order valence-electron chi connectivity index (χ1n) is 6.79. The van der Waals surface area contributed by atoms with Crippen molar-refractivity contribution >= 4 is 29.3 Å². The van der Waals surface area contributed by atoms with E-state index in [1.165, 1.54) is 0 Å². The molecule has 0 fully saturated rings. The highest BCUT2D eigenvalue weighted by Gasteiger charge is 2.26. The lowest BCUT2D eigenvalue weighted by Crippen LogP contribution is -2.51. The van der Waals surface area contributed by atoms with Gasteiger partial charge in [-0.05, 0) is 30.5 Å². The van der Waals surface area contributed by atoms with Crippen LogP contribution in [0.5, 0.6) is 0 Å². The zero-order valence-corrected chi connectivity index (χ0v) is 13.6. The third-order valence-corrected chi connectivity index (χ3v) is 4.73. The Morgan fingerprint density at radius 1 is 1.30 bits per heavy atom. The van der Waals surface area contributed by atoms with Gasteiger partial charge < -0.3 is 10.4 Å². The predicted octanol–water partition coefficient (Wildman–Crippen LogP) is 3.24. The maximum atomic E-state index is 11.9. The molecule has 1 amide bonds. The van der Waals surface area contributed by atoms with E-state index in [0.717, 1.165) is 29.2 Å². The second kappa shape index (κ2) is 8.55. The van der Waals surface area contributed by atoms with Crippen LogP contribution in [-0.4, -0.2) is 28.9 Å². The van der Waals surface area contributed by atoms with Crippen molar-refractivity contribution in [3.05, 3.63) is 34.9 Å². The van der Waals surface area contributed by atoms with Gasteiger partial charge in [0.25, 0.3) is 0 Å². The summed E-state index contributed by atoms with van der Waals surface area (Å²) in [6.07, 6.45) is 1.46. The number of carbonyl (C=O) groups excluding carboxylic acids is 1. The van der Waals surface area contributed by atoms with E-state index < -0.39 is 5.54 Å². The number of thioether (sulfide) groups is 1. The van der Waals surface area contributed by atoms with Crippen LogP contribution < -0.4 is 5.32 Å². The van der Waals surface area contributed by atoms with Crippen LogP contribution in [0.25, 0.3) is 0 Å². The van der Waals surface area contributed by atoms with E-state index in [1.54, 1.807) is 11.8 Å². The molecule has 0 radical (unpaired) electrons. The summed E-state index contributed by atoms with van der Waals surface area (Å²) in [7, 11) is 0. The average Bonchev–Trinajstić information content (AvgIpc) is 2.47. The first kappa shape index (κ1) is 17.3. The number of aliphatic hydroxyl groups is 1. The third kappa shape index (κ3) is 5.35. The molecule has 0 saturated heterocycles. The highest BCUT2D eigenvalue weighted by molar-refractivity contribution is 7.99. The summed E-state index contributed by atoms with van der Waals surface area (Å²) in [4.78, 5) is 11.9. The van der Waals surface area contributed by atoms with E-state index in [-0.39, 0.29) is 12.5 Å². The zero-order chi connectivity index (χ0) is 15.0. The lowest BCUT2D eigenvalue weighted by atomic mass is 9.94. The molecule has 112 valence electrons. The van der Waals surface area contributed by atoms with E-state index in [9.17, 15) is 9.90 Å². The van der Waals surface area contributed by atoms with E-state index in [4.69, 9.17) is 11.6 Å². The SMILES string of the molecule is CCC(CC)(CO)NC(=O)CSCc1ccc(Cl)cc1. The van der Waals surface area contributed by atoms with Gasteiger partial charge in [-0.1, -0.05) is 37.6 Å². The van der Waals surface area contributed by atoms with Crippen LogP contribution in [0.2, 0.25) is 5.02 Å². The van der Waals surface area contributed by atoms with E-state index in [2.05, 4.69) is 5.32 Å². The molecule has 0 heterocycles. The molecule has 1 aromatic rings. The number of aliphatic hydroxyl groups excluding tert-OH is 1. The smallest absolute Gasteiger partial charge is 0.230 e. The molecular formula is C15H22ClNO2S. The Morgan fingerprint density at radius 2 is 1.90 bits per heavy atom. The van der Waals surface area contributed by atoms with E-state index >= 15 is 0 Å². The monoisotopic (exact) mass is 315 g/mol. The molecule has 0 bridgehead atoms. The minimum atomic E-state index is -0.474. The number of amides is 1. The minimum absolute atomic E-state index is 0.0202. The fraction of sp³-hybridized carbons (Fsp3) is 0.533. The Bertz CT molecular complexity index is 410. The Balaban J connectivity index is 2.38. The molecule has 0 spiro atoms. The number of benzene rings is 1. The van der Waals surface area contributed by atoms with Gasteiger partial charge >= 0.3 is 0 Å². The highest BCUT2D eigenvalue weighted by atomic mass is 35.5. The first-order valence-corrected chi connectivity index (χ1v) is 8.32. The molecule has 1 rings (SSSR count). The van der Waals surface area contributed by atoms with Crippen molar-refractivity contribution in [3.63, 3.8) is 0 Å². The molecule has 0 aliphatic carbocycles. The molecule has 0 atom stereocenters. The molecule has 0 unspecified atom stereocenters. The van der Waals surface area contributed by atoms with Crippen LogP contribution >= 0.6 is 23.4 Å². The predicted molar refractivity (Wildman–Crippen MR) is 86.2 cm³/mol. The van der Waals surface area contributed by atoms with Crippen molar-refractivity contribution in [3.8, 4) is 0 Å². The normalized spacial score (nSPS) is 11.4. The van der Waals surface area contributed by atoms with Gasteiger partial charge in [-0.2, -0.15) is 0 Å². The molecular weight excluding hydrogens is 294 g/mol. The Labute approximate surface area is 130 Å². The molecule has 5 heteroatoms. The summed E-state index contributed by atoms with van der Waals surface area (Å²) in [5, 5.41) is 13.1. The summed E-state index contributed by atoms with van der Waals surface area (Å²) in [5.41, 5.74) is 0.671. The van der Waals surface area contributed by atoms with Crippen LogP contribution in [-0.2, 0) is 10.5 Å². The fourth-order valence-electron chi connectivity index (χ4n) is 1.86. The van der Waals surface area contributed by atoms with Crippen LogP contribution in [0.3, 0.4) is 0 Å². The maximum absolute atomic E-state index is 11.9. The van der Waals surface area contributed by atoms with Crippen molar-refractivity contribution in [2.45, 2.75) is 38.0 Å². The summed E-state index contributed by atoms with van der Waals surface area (Å²) in [6, 6.07) is 7.62. The summed E-state index contributed by atoms with van der Waals surface area (Å²) >= 11 is 7.38. The van der Waals surface area contributed by atoms with Crippen LogP contribution in [0.15, 0.2) is 24.3 Å². The van der Waals surface area contributed by atoms with Gasteiger partial charge in [-0.25, -0.2) is 0 Å². The fourth-order valence-corrected chi connectivity index (χ4v) is 2.78. The molecule has 3 nitrogen and oxygen atoms in total. The highest BCUT2D eigenvalue weighted by Crippen LogP contribution is 2.17. The standard InChI is InChI=1S/C15H22ClNO2S/c1-3-15(4-2,11-18)17-14(19)10-20-9-12-5-7-13(16)8-6-12/h5-8,18H,3-4,9-11H2,1-2H3,(H,17,19). The van der Waals surface area contributed by atoms with Crippen molar-refractivity contribution in [2.24, 2.45) is 0 Å². The molecule has 0 aliphatic heterocycles. The van der Waals surface area contributed by atoms with Crippen molar-refractivity contribution in [1.82, 2.24) is 5.32 Å². The maximum Gasteiger partial charge on any atom is 0.230 e. The van der Waals surface area contributed by atoms with E-state index in [1.807, 2.05) is 38.1 Å². The molecule has 2 N–H and O–H groups in total. The van der Waals surface area contributed by atoms with Crippen LogP contribution in [0.4, 0.5) is 0 Å². The number of halogens is 1. The van der Waals surface area contributed by atoms with Gasteiger partial charge in [0, 0.05) is 10.8 Å². The number of hydrogen-bond donors (Lipinski definition) is 2. The number of rotatable bonds is 8. The Kier molecular flexibility index (Phi) is 7.41. The molecule has 0 aromatic heterocycles. The largest absolute Gasteiger partial charge is 0.394 e. The van der Waals surface area contributed by atoms with Gasteiger partial charge in [0.2, 0.25) is 5.91 Å². The quantitative estimate of drug-likeness (QED) is 0.774. The molecule has 0 aliphatic rings. The first-order chi connectivity index (χ1) is 9.55. The second-order valence-electron chi connectivity index (χ2n) is 4.81. The summed E-state index contributed by atoms with van der Waals surface area (Å²) < 4.78 is 0. The number of nitrogens with one attached hydrogen (secondary N) is 1. The van der Waals surface area contributed by atoms with Gasteiger partial charge in [0.05, 0.1) is 17.9 Å². The zero-order valence-electron chi connectivity index (χ0n) is 12.0. The lowest BCUT2D eigenvalue weighted by molar-refractivity contribution is -0.121. The second-order valence-corrected chi connectivity index (χ2v) is 6.24. The van der Waals surface area contributed by atoms with Crippen molar-refractivity contribution in [2.75, 3.05) is 12.4 Å². The molecule has 1 aromatic carbocycles. The minimum Gasteiger partial charge on any atom is -0.394 e. The van der Waals surface area contributed by atoms with E-state index in [0.29, 0.717) is 5.75 Å². The third-order valence-electron chi connectivity index (χ3n) is 3.48. The average molecular weight is 316 g/mol. The summed E-state index contributed by atoms with van der Waals surface area (Å²) in [5.74, 6) is 1.14. The van der Waals surface area contributed by atoms with Crippen molar-refractivity contribution < 1.29 is 9.90 Å². The van der Waals surface area contributed by atoms with Gasteiger partial charge in [0.1, 0.15) is 0 Å². The van der Waals surface area contributed by atoms with Crippen LogP contribution in [0.1, 0.15) is 32.3 Å². The van der Waals surface area contributed by atoms with Crippen LogP contribution in [0, 0.1) is 0 Å². The molecule has 0 saturated carbocycles.